The Morgan fingerprint density at radius 2 is 2.13 bits per heavy atom. The normalized spacial score (nSPS) is 22.9. The first kappa shape index (κ1) is 12.2. The van der Waals surface area contributed by atoms with Crippen LogP contribution in [0.2, 0.25) is 0 Å². The third-order valence-electron chi connectivity index (χ3n) is 3.20. The predicted octanol–water partition coefficient (Wildman–Crippen LogP) is 3.90. The molecule has 1 heteroatoms. The lowest BCUT2D eigenvalue weighted by Crippen LogP contribution is -2.21. The molecular weight excluding hydrogens is 184 g/mol. The minimum atomic E-state index is 0.133. The fourth-order valence-electron chi connectivity index (χ4n) is 2.02. The molecule has 0 bridgehead atoms. The molecule has 0 saturated heterocycles. The lowest BCUT2D eigenvalue weighted by molar-refractivity contribution is -0.112. The zero-order valence-electron chi connectivity index (χ0n) is 10.3. The first-order valence-corrected chi connectivity index (χ1v) is 5.77. The molecule has 0 heterocycles. The first-order valence-electron chi connectivity index (χ1n) is 5.77. The molecule has 1 atom stereocenters. The van der Waals surface area contributed by atoms with E-state index in [-0.39, 0.29) is 5.78 Å². The Hall–Kier alpha value is -0.850. The van der Waals surface area contributed by atoms with E-state index in [1.54, 1.807) is 13.0 Å². The van der Waals surface area contributed by atoms with Gasteiger partial charge in [0.25, 0.3) is 0 Å². The quantitative estimate of drug-likeness (QED) is 0.626. The van der Waals surface area contributed by atoms with Crippen LogP contribution in [0.5, 0.6) is 0 Å². The molecule has 1 unspecified atom stereocenters. The van der Waals surface area contributed by atoms with Crippen LogP contribution in [0.1, 0.15) is 47.0 Å². The van der Waals surface area contributed by atoms with Gasteiger partial charge in [-0.1, -0.05) is 38.5 Å². The molecular formula is C14H22O. The van der Waals surface area contributed by atoms with Crippen molar-refractivity contribution in [2.24, 2.45) is 11.3 Å². The highest BCUT2D eigenvalue weighted by Gasteiger charge is 2.25. The maximum atomic E-state index is 10.8. The van der Waals surface area contributed by atoms with Crippen molar-refractivity contribution in [1.82, 2.24) is 0 Å². The zero-order chi connectivity index (χ0) is 11.5. The summed E-state index contributed by atoms with van der Waals surface area (Å²) in [5.41, 5.74) is 1.73. The lowest BCUT2D eigenvalue weighted by Gasteiger charge is -2.32. The van der Waals surface area contributed by atoms with Crippen molar-refractivity contribution in [2.45, 2.75) is 47.0 Å². The van der Waals surface area contributed by atoms with Crippen molar-refractivity contribution in [3.05, 3.63) is 23.8 Å². The average molecular weight is 206 g/mol. The molecule has 1 rings (SSSR count). The van der Waals surface area contributed by atoms with E-state index in [0.717, 1.165) is 18.8 Å². The van der Waals surface area contributed by atoms with Gasteiger partial charge in [-0.15, -0.1) is 0 Å². The number of hydrogen-bond donors (Lipinski definition) is 0. The summed E-state index contributed by atoms with van der Waals surface area (Å²) < 4.78 is 0. The van der Waals surface area contributed by atoms with Crippen molar-refractivity contribution in [1.29, 1.82) is 0 Å². The second-order valence-corrected chi connectivity index (χ2v) is 5.56. The maximum Gasteiger partial charge on any atom is 0.152 e. The van der Waals surface area contributed by atoms with Gasteiger partial charge in [-0.3, -0.25) is 4.79 Å². The van der Waals surface area contributed by atoms with E-state index < -0.39 is 0 Å². The van der Waals surface area contributed by atoms with E-state index in [2.05, 4.69) is 26.8 Å². The van der Waals surface area contributed by atoms with E-state index in [1.165, 1.54) is 12.0 Å². The first-order chi connectivity index (χ1) is 6.89. The van der Waals surface area contributed by atoms with Gasteiger partial charge in [-0.05, 0) is 43.6 Å². The van der Waals surface area contributed by atoms with Crippen LogP contribution in [0.3, 0.4) is 0 Å². The van der Waals surface area contributed by atoms with Crippen LogP contribution < -0.4 is 0 Å². The number of ketones is 1. The fourth-order valence-corrected chi connectivity index (χ4v) is 2.02. The van der Waals surface area contributed by atoms with Gasteiger partial charge in [0.1, 0.15) is 0 Å². The molecule has 0 spiro atoms. The SMILES string of the molecule is CC(=O)/C=C/C1=CCC(C(C)(C)C)CC1. The third-order valence-corrected chi connectivity index (χ3v) is 3.20. The summed E-state index contributed by atoms with van der Waals surface area (Å²) in [6.45, 7) is 8.52. The van der Waals surface area contributed by atoms with Gasteiger partial charge >= 0.3 is 0 Å². The molecule has 0 N–H and O–H groups in total. The fraction of sp³-hybridized carbons (Fsp3) is 0.643. The summed E-state index contributed by atoms with van der Waals surface area (Å²) in [6.07, 6.45) is 9.45. The Morgan fingerprint density at radius 1 is 1.47 bits per heavy atom. The van der Waals surface area contributed by atoms with Gasteiger partial charge in [0.2, 0.25) is 0 Å². The number of rotatable bonds is 2. The topological polar surface area (TPSA) is 17.1 Å². The summed E-state index contributed by atoms with van der Waals surface area (Å²) in [4.78, 5) is 10.8. The molecule has 84 valence electrons. The monoisotopic (exact) mass is 206 g/mol. The number of allylic oxidation sites excluding steroid dienone is 4. The van der Waals surface area contributed by atoms with Crippen molar-refractivity contribution in [3.63, 3.8) is 0 Å². The van der Waals surface area contributed by atoms with Gasteiger partial charge in [-0.2, -0.15) is 0 Å². The van der Waals surface area contributed by atoms with Crippen molar-refractivity contribution in [2.75, 3.05) is 0 Å². The minimum absolute atomic E-state index is 0.133. The minimum Gasteiger partial charge on any atom is -0.295 e. The summed E-state index contributed by atoms with van der Waals surface area (Å²) in [6, 6.07) is 0. The second kappa shape index (κ2) is 4.78. The van der Waals surface area contributed by atoms with Gasteiger partial charge in [-0.25, -0.2) is 0 Å². The summed E-state index contributed by atoms with van der Waals surface area (Å²) >= 11 is 0. The van der Waals surface area contributed by atoms with E-state index in [0.29, 0.717) is 5.41 Å². The molecule has 0 aromatic heterocycles. The molecule has 1 aliphatic carbocycles. The van der Waals surface area contributed by atoms with E-state index in [4.69, 9.17) is 0 Å². The average Bonchev–Trinajstić information content (AvgIpc) is 2.14. The molecule has 1 nitrogen and oxygen atoms in total. The standard InChI is InChI=1S/C14H22O/c1-11(15)5-6-12-7-9-13(10-8-12)14(2,3)4/h5-7,13H,8-10H2,1-4H3/b6-5+. The number of hydrogen-bond acceptors (Lipinski definition) is 1. The van der Waals surface area contributed by atoms with Crippen LogP contribution in [-0.4, -0.2) is 5.78 Å². The molecule has 0 aromatic carbocycles. The summed E-state index contributed by atoms with van der Waals surface area (Å²) in [7, 11) is 0. The van der Waals surface area contributed by atoms with Crippen LogP contribution in [0.4, 0.5) is 0 Å². The van der Waals surface area contributed by atoms with Gasteiger partial charge in [0.05, 0.1) is 0 Å². The zero-order valence-corrected chi connectivity index (χ0v) is 10.3. The van der Waals surface area contributed by atoms with Crippen LogP contribution in [-0.2, 0) is 4.79 Å². The van der Waals surface area contributed by atoms with E-state index in [1.807, 2.05) is 6.08 Å². The Bertz CT molecular complexity index is 289. The number of carbonyl (C=O) groups is 1. The largest absolute Gasteiger partial charge is 0.295 e. The van der Waals surface area contributed by atoms with Gasteiger partial charge in [0.15, 0.2) is 5.78 Å². The van der Waals surface area contributed by atoms with Gasteiger partial charge < -0.3 is 0 Å². The Morgan fingerprint density at radius 3 is 2.53 bits per heavy atom. The Kier molecular flexibility index (Phi) is 3.90. The maximum absolute atomic E-state index is 10.8. The Labute approximate surface area is 93.3 Å². The smallest absolute Gasteiger partial charge is 0.152 e. The molecule has 0 radical (unpaired) electrons. The van der Waals surface area contributed by atoms with Crippen LogP contribution >= 0.6 is 0 Å². The van der Waals surface area contributed by atoms with E-state index >= 15 is 0 Å². The van der Waals surface area contributed by atoms with Crippen molar-refractivity contribution < 1.29 is 4.79 Å². The van der Waals surface area contributed by atoms with Crippen LogP contribution in [0.25, 0.3) is 0 Å². The van der Waals surface area contributed by atoms with Crippen molar-refractivity contribution in [3.8, 4) is 0 Å². The molecule has 0 aromatic rings. The lowest BCUT2D eigenvalue weighted by atomic mass is 9.73. The third kappa shape index (κ3) is 4.03. The highest BCUT2D eigenvalue weighted by Crippen LogP contribution is 2.37. The molecule has 0 amide bonds. The molecule has 0 saturated carbocycles. The van der Waals surface area contributed by atoms with Crippen LogP contribution in [0, 0.1) is 11.3 Å². The molecule has 1 aliphatic rings. The second-order valence-electron chi connectivity index (χ2n) is 5.56. The van der Waals surface area contributed by atoms with Gasteiger partial charge in [0, 0.05) is 0 Å². The summed E-state index contributed by atoms with van der Waals surface area (Å²) in [5, 5.41) is 0. The molecule has 0 aliphatic heterocycles. The molecule has 0 fully saturated rings. The van der Waals surface area contributed by atoms with Crippen molar-refractivity contribution >= 4 is 5.78 Å². The summed E-state index contributed by atoms with van der Waals surface area (Å²) in [5.74, 6) is 0.917. The van der Waals surface area contributed by atoms with Crippen LogP contribution in [0.15, 0.2) is 23.8 Å². The number of carbonyl (C=O) groups excluding carboxylic acids is 1. The molecule has 15 heavy (non-hydrogen) atoms. The highest BCUT2D eigenvalue weighted by atomic mass is 16.1. The highest BCUT2D eigenvalue weighted by molar-refractivity contribution is 5.87. The predicted molar refractivity (Wildman–Crippen MR) is 64.7 cm³/mol. The Balaban J connectivity index is 2.56. The van der Waals surface area contributed by atoms with E-state index in [9.17, 15) is 4.79 Å².